The molecule has 0 spiro atoms. The second kappa shape index (κ2) is 10.0. The lowest BCUT2D eigenvalue weighted by molar-refractivity contribution is -0.384. The van der Waals surface area contributed by atoms with Gasteiger partial charge in [0.15, 0.2) is 0 Å². The van der Waals surface area contributed by atoms with Gasteiger partial charge in [-0.1, -0.05) is 23.7 Å². The van der Waals surface area contributed by atoms with Crippen LogP contribution in [0.3, 0.4) is 0 Å². The van der Waals surface area contributed by atoms with Crippen molar-refractivity contribution in [2.24, 2.45) is 0 Å². The van der Waals surface area contributed by atoms with Crippen LogP contribution in [0.5, 0.6) is 0 Å². The molecule has 1 heterocycles. The predicted molar refractivity (Wildman–Crippen MR) is 132 cm³/mol. The number of nitrogens with zero attached hydrogens (tertiary/aromatic N) is 2. The van der Waals surface area contributed by atoms with E-state index >= 15 is 0 Å². The van der Waals surface area contributed by atoms with Crippen molar-refractivity contribution < 1.29 is 29.2 Å². The summed E-state index contributed by atoms with van der Waals surface area (Å²) >= 11 is 5.93. The first-order valence-corrected chi connectivity index (χ1v) is 11.2. The van der Waals surface area contributed by atoms with Crippen LogP contribution in [0.25, 0.3) is 5.76 Å². The Balaban J connectivity index is 1.89. The summed E-state index contributed by atoms with van der Waals surface area (Å²) in [5.41, 5.74) is 0.487. The largest absolute Gasteiger partial charge is 0.507 e. The van der Waals surface area contributed by atoms with Gasteiger partial charge >= 0.3 is 5.97 Å². The molecule has 1 amide bonds. The number of non-ortho nitro benzene ring substituents is 1. The summed E-state index contributed by atoms with van der Waals surface area (Å²) in [6.07, 6.45) is 0. The van der Waals surface area contributed by atoms with Crippen molar-refractivity contribution in [2.45, 2.75) is 13.0 Å². The van der Waals surface area contributed by atoms with Crippen LogP contribution in [0.4, 0.5) is 11.4 Å². The van der Waals surface area contributed by atoms with Crippen LogP contribution in [-0.2, 0) is 14.3 Å². The van der Waals surface area contributed by atoms with Gasteiger partial charge in [0.1, 0.15) is 5.76 Å². The number of hydrogen-bond acceptors (Lipinski definition) is 7. The number of ketones is 1. The van der Waals surface area contributed by atoms with E-state index in [1.807, 2.05) is 0 Å². The molecule has 0 bridgehead atoms. The molecule has 0 radical (unpaired) electrons. The Labute approximate surface area is 210 Å². The highest BCUT2D eigenvalue weighted by Crippen LogP contribution is 2.43. The van der Waals surface area contributed by atoms with E-state index in [0.717, 1.165) is 4.90 Å². The molecule has 4 rings (SSSR count). The van der Waals surface area contributed by atoms with Gasteiger partial charge in [0.25, 0.3) is 17.4 Å². The van der Waals surface area contributed by atoms with Crippen LogP contribution < -0.4 is 4.90 Å². The smallest absolute Gasteiger partial charge is 0.338 e. The number of anilines is 1. The molecule has 3 aromatic rings. The monoisotopic (exact) mass is 506 g/mol. The summed E-state index contributed by atoms with van der Waals surface area (Å²) in [6, 6.07) is 16.1. The number of Topliss-reactive ketones (excluding diaryl/α,β-unsaturated/α-hetero) is 1. The number of carbonyl (C=O) groups is 3. The van der Waals surface area contributed by atoms with Gasteiger partial charge in [-0.2, -0.15) is 0 Å². The fourth-order valence-electron chi connectivity index (χ4n) is 3.96. The molecule has 1 atom stereocenters. The Morgan fingerprint density at radius 3 is 2.31 bits per heavy atom. The molecule has 0 saturated carbocycles. The summed E-state index contributed by atoms with van der Waals surface area (Å²) in [5, 5.41) is 22.9. The summed E-state index contributed by atoms with van der Waals surface area (Å²) in [5.74, 6) is -2.91. The molecule has 10 heteroatoms. The van der Waals surface area contributed by atoms with E-state index in [0.29, 0.717) is 5.02 Å². The predicted octanol–water partition coefficient (Wildman–Crippen LogP) is 5.05. The molecule has 0 aromatic heterocycles. The third kappa shape index (κ3) is 4.56. The number of esters is 1. The zero-order valence-electron chi connectivity index (χ0n) is 18.9. The number of rotatable bonds is 6. The minimum absolute atomic E-state index is 0.187. The Morgan fingerprint density at radius 2 is 1.69 bits per heavy atom. The third-order valence-corrected chi connectivity index (χ3v) is 5.87. The third-order valence-electron chi connectivity index (χ3n) is 5.62. The number of halogens is 1. The van der Waals surface area contributed by atoms with Gasteiger partial charge in [-0.15, -0.1) is 0 Å². The SMILES string of the molecule is CCOC(=O)c1ccc(N2C(=O)C(=O)C(=C(O)c3ccc(Cl)cc3)[C@@H]2c2cccc([N+](=O)[O-])c2)cc1. The molecule has 182 valence electrons. The molecule has 36 heavy (non-hydrogen) atoms. The first-order valence-electron chi connectivity index (χ1n) is 10.8. The highest BCUT2D eigenvalue weighted by molar-refractivity contribution is 6.51. The number of aliphatic hydroxyl groups is 1. The number of amides is 1. The number of nitro benzene ring substituents is 1. The summed E-state index contributed by atoms with van der Waals surface area (Å²) < 4.78 is 4.98. The van der Waals surface area contributed by atoms with E-state index in [-0.39, 0.29) is 40.2 Å². The maximum Gasteiger partial charge on any atom is 0.338 e. The lowest BCUT2D eigenvalue weighted by Crippen LogP contribution is -2.29. The minimum atomic E-state index is -1.17. The van der Waals surface area contributed by atoms with Crippen molar-refractivity contribution in [1.82, 2.24) is 0 Å². The second-order valence-electron chi connectivity index (χ2n) is 7.80. The maximum absolute atomic E-state index is 13.2. The van der Waals surface area contributed by atoms with E-state index in [1.165, 1.54) is 72.8 Å². The molecule has 0 aliphatic carbocycles. The highest BCUT2D eigenvalue weighted by Gasteiger charge is 2.47. The zero-order valence-corrected chi connectivity index (χ0v) is 19.6. The first-order chi connectivity index (χ1) is 17.2. The van der Waals surface area contributed by atoms with Gasteiger partial charge < -0.3 is 9.84 Å². The average Bonchev–Trinajstić information content (AvgIpc) is 3.14. The fourth-order valence-corrected chi connectivity index (χ4v) is 4.08. The van der Waals surface area contributed by atoms with Crippen molar-refractivity contribution in [3.8, 4) is 0 Å². The lowest BCUT2D eigenvalue weighted by atomic mass is 9.94. The van der Waals surface area contributed by atoms with Gasteiger partial charge in [-0.05, 0) is 61.0 Å². The molecule has 1 aliphatic rings. The van der Waals surface area contributed by atoms with Crippen LogP contribution in [0.1, 0.15) is 34.5 Å². The molecular formula is C26H19ClN2O7. The molecule has 3 aromatic carbocycles. The number of aliphatic hydroxyl groups excluding tert-OH is 1. The van der Waals surface area contributed by atoms with Crippen LogP contribution >= 0.6 is 11.6 Å². The van der Waals surface area contributed by atoms with Crippen LogP contribution in [0.15, 0.2) is 78.4 Å². The standard InChI is InChI=1S/C26H19ClN2O7/c1-2-36-26(33)16-8-12-19(13-9-16)28-22(17-4-3-5-20(14-17)29(34)35)21(24(31)25(28)32)23(30)15-6-10-18(27)11-7-15/h3-14,22,30H,2H2,1H3/t22-/m0/s1. The highest BCUT2D eigenvalue weighted by atomic mass is 35.5. The van der Waals surface area contributed by atoms with Crippen LogP contribution in [0, 0.1) is 10.1 Å². The van der Waals surface area contributed by atoms with Gasteiger partial charge in [0.05, 0.1) is 28.7 Å². The quantitative estimate of drug-likeness (QED) is 0.124. The summed E-state index contributed by atoms with van der Waals surface area (Å²) in [7, 11) is 0. The Hall–Kier alpha value is -4.50. The van der Waals surface area contributed by atoms with Crippen LogP contribution in [-0.4, -0.2) is 34.3 Å². The van der Waals surface area contributed by atoms with E-state index in [4.69, 9.17) is 16.3 Å². The van der Waals surface area contributed by atoms with E-state index in [2.05, 4.69) is 0 Å². The van der Waals surface area contributed by atoms with Gasteiger partial charge in [-0.25, -0.2) is 4.79 Å². The molecule has 1 saturated heterocycles. The maximum atomic E-state index is 13.2. The average molecular weight is 507 g/mol. The molecule has 9 nitrogen and oxygen atoms in total. The Bertz CT molecular complexity index is 1400. The Kier molecular flexibility index (Phi) is 6.84. The van der Waals surface area contributed by atoms with Crippen molar-refractivity contribution in [2.75, 3.05) is 11.5 Å². The number of carbonyl (C=O) groups excluding carboxylic acids is 3. The second-order valence-corrected chi connectivity index (χ2v) is 8.23. The van der Waals surface area contributed by atoms with Gasteiger partial charge in [0.2, 0.25) is 0 Å². The number of nitro groups is 1. The molecule has 0 unspecified atom stereocenters. The zero-order chi connectivity index (χ0) is 26.0. The van der Waals surface area contributed by atoms with E-state index in [1.54, 1.807) is 6.92 Å². The molecule has 1 fully saturated rings. The first kappa shape index (κ1) is 24.6. The van der Waals surface area contributed by atoms with E-state index < -0.39 is 34.4 Å². The fraction of sp³-hybridized carbons (Fsp3) is 0.115. The molecular weight excluding hydrogens is 488 g/mol. The van der Waals surface area contributed by atoms with Gasteiger partial charge in [-0.3, -0.25) is 24.6 Å². The van der Waals surface area contributed by atoms with Crippen molar-refractivity contribution >= 4 is 46.4 Å². The normalized spacial score (nSPS) is 16.7. The summed E-state index contributed by atoms with van der Waals surface area (Å²) in [4.78, 5) is 50.4. The van der Waals surface area contributed by atoms with Gasteiger partial charge in [0, 0.05) is 28.4 Å². The number of ether oxygens (including phenoxy) is 1. The molecule has 1 aliphatic heterocycles. The van der Waals surface area contributed by atoms with Crippen LogP contribution in [0.2, 0.25) is 5.02 Å². The van der Waals surface area contributed by atoms with E-state index in [9.17, 15) is 29.6 Å². The lowest BCUT2D eigenvalue weighted by Gasteiger charge is -2.25. The Morgan fingerprint density at radius 1 is 1.06 bits per heavy atom. The summed E-state index contributed by atoms with van der Waals surface area (Å²) in [6.45, 7) is 1.86. The number of hydrogen-bond donors (Lipinski definition) is 1. The minimum Gasteiger partial charge on any atom is -0.507 e. The number of benzene rings is 3. The van der Waals surface area contributed by atoms with Crippen molar-refractivity contribution in [3.63, 3.8) is 0 Å². The van der Waals surface area contributed by atoms with Crippen molar-refractivity contribution in [3.05, 3.63) is 110 Å². The van der Waals surface area contributed by atoms with Crippen molar-refractivity contribution in [1.29, 1.82) is 0 Å². The molecule has 1 N–H and O–H groups in total. The topological polar surface area (TPSA) is 127 Å².